The Morgan fingerprint density at radius 3 is 2.62 bits per heavy atom. The second-order valence-electron chi connectivity index (χ2n) is 4.04. The van der Waals surface area contributed by atoms with Gasteiger partial charge in [0.15, 0.2) is 0 Å². The summed E-state index contributed by atoms with van der Waals surface area (Å²) in [4.78, 5) is 10.3. The number of carboxylic acids is 1. The van der Waals surface area contributed by atoms with Crippen LogP contribution in [0, 0.1) is 5.41 Å². The van der Waals surface area contributed by atoms with Crippen LogP contribution in [0.5, 0.6) is 0 Å². The molecule has 3 N–H and O–H groups in total. The van der Waals surface area contributed by atoms with Gasteiger partial charge in [0, 0.05) is 24.6 Å². The van der Waals surface area contributed by atoms with Crippen LogP contribution >= 0.6 is 0 Å². The maximum atomic E-state index is 10.3. The van der Waals surface area contributed by atoms with Gasteiger partial charge in [0.2, 0.25) is 0 Å². The van der Waals surface area contributed by atoms with Crippen LogP contribution in [-0.2, 0) is 4.79 Å². The van der Waals surface area contributed by atoms with E-state index < -0.39 is 5.97 Å². The molecule has 1 rings (SSSR count). The molecule has 1 aliphatic carbocycles. The van der Waals surface area contributed by atoms with Crippen molar-refractivity contribution in [3.63, 3.8) is 0 Å². The third-order valence-corrected chi connectivity index (χ3v) is 2.60. The lowest BCUT2D eigenvalue weighted by molar-refractivity contribution is -0.137. The second kappa shape index (κ2) is 4.07. The van der Waals surface area contributed by atoms with E-state index in [4.69, 9.17) is 10.2 Å². The zero-order chi connectivity index (χ0) is 9.90. The summed E-state index contributed by atoms with van der Waals surface area (Å²) in [5, 5.41) is 20.6. The Hall–Kier alpha value is -0.610. The molecule has 4 heteroatoms. The first-order chi connectivity index (χ1) is 6.08. The molecule has 0 heterocycles. The van der Waals surface area contributed by atoms with Crippen molar-refractivity contribution in [1.29, 1.82) is 0 Å². The molecule has 0 bridgehead atoms. The quantitative estimate of drug-likeness (QED) is 0.556. The van der Waals surface area contributed by atoms with Gasteiger partial charge in [0.1, 0.15) is 0 Å². The molecular formula is C9H17NO3. The lowest BCUT2D eigenvalue weighted by Crippen LogP contribution is -2.34. The number of hydrogen-bond donors (Lipinski definition) is 3. The summed E-state index contributed by atoms with van der Waals surface area (Å²) >= 11 is 0. The van der Waals surface area contributed by atoms with Gasteiger partial charge in [-0.05, 0) is 19.8 Å². The Morgan fingerprint density at radius 1 is 1.62 bits per heavy atom. The predicted octanol–water partition coefficient (Wildman–Crippen LogP) is 0.212. The molecule has 1 saturated carbocycles. The summed E-state index contributed by atoms with van der Waals surface area (Å²) < 4.78 is 0. The minimum absolute atomic E-state index is 0.0125. The van der Waals surface area contributed by atoms with Crippen LogP contribution in [0.25, 0.3) is 0 Å². The van der Waals surface area contributed by atoms with Crippen molar-refractivity contribution in [2.24, 2.45) is 5.41 Å². The number of aliphatic carboxylic acids is 1. The van der Waals surface area contributed by atoms with Crippen molar-refractivity contribution < 1.29 is 15.0 Å². The number of carbonyl (C=O) groups is 1. The molecule has 0 aromatic carbocycles. The van der Waals surface area contributed by atoms with Gasteiger partial charge in [0.05, 0.1) is 6.42 Å². The molecule has 1 fully saturated rings. The molecule has 76 valence electrons. The average Bonchev–Trinajstić information content (AvgIpc) is 2.80. The highest BCUT2D eigenvalue weighted by Gasteiger charge is 2.41. The highest BCUT2D eigenvalue weighted by atomic mass is 16.4. The fraction of sp³-hybridized carbons (Fsp3) is 0.889. The van der Waals surface area contributed by atoms with E-state index in [1.165, 1.54) is 0 Å². The highest BCUT2D eigenvalue weighted by molar-refractivity contribution is 5.67. The standard InChI is InChI=1S/C9H17NO3/c1-7(4-8(12)13)10-5-9(6-11)2-3-9/h7,10-11H,2-6H2,1H3,(H,12,13). The fourth-order valence-corrected chi connectivity index (χ4v) is 1.29. The van der Waals surface area contributed by atoms with Crippen LogP contribution in [0.4, 0.5) is 0 Å². The zero-order valence-electron chi connectivity index (χ0n) is 7.92. The molecule has 0 aromatic rings. The van der Waals surface area contributed by atoms with Crippen LogP contribution in [0.15, 0.2) is 0 Å². The van der Waals surface area contributed by atoms with Gasteiger partial charge < -0.3 is 15.5 Å². The second-order valence-corrected chi connectivity index (χ2v) is 4.04. The number of carboxylic acid groups (broad SMARTS) is 1. The Kier molecular flexibility index (Phi) is 3.27. The minimum atomic E-state index is -0.783. The van der Waals surface area contributed by atoms with Crippen LogP contribution < -0.4 is 5.32 Å². The van der Waals surface area contributed by atoms with E-state index >= 15 is 0 Å². The topological polar surface area (TPSA) is 69.6 Å². The molecule has 1 atom stereocenters. The predicted molar refractivity (Wildman–Crippen MR) is 48.5 cm³/mol. The van der Waals surface area contributed by atoms with Crippen LogP contribution in [0.1, 0.15) is 26.2 Å². The maximum Gasteiger partial charge on any atom is 0.304 e. The fourth-order valence-electron chi connectivity index (χ4n) is 1.29. The molecule has 0 aliphatic heterocycles. The summed E-state index contributed by atoms with van der Waals surface area (Å²) in [6, 6.07) is -0.0125. The number of rotatable bonds is 6. The summed E-state index contributed by atoms with van der Waals surface area (Å²) in [6.45, 7) is 2.79. The van der Waals surface area contributed by atoms with E-state index in [2.05, 4.69) is 5.32 Å². The van der Waals surface area contributed by atoms with Crippen molar-refractivity contribution in [1.82, 2.24) is 5.32 Å². The molecule has 13 heavy (non-hydrogen) atoms. The van der Waals surface area contributed by atoms with Crippen molar-refractivity contribution in [2.75, 3.05) is 13.2 Å². The Labute approximate surface area is 78.0 Å². The molecule has 0 spiro atoms. The first-order valence-corrected chi connectivity index (χ1v) is 4.64. The average molecular weight is 187 g/mol. The molecule has 0 saturated heterocycles. The summed E-state index contributed by atoms with van der Waals surface area (Å²) in [6.07, 6.45) is 2.24. The van der Waals surface area contributed by atoms with E-state index in [-0.39, 0.29) is 24.5 Å². The Bertz CT molecular complexity index is 189. The molecular weight excluding hydrogens is 170 g/mol. The van der Waals surface area contributed by atoms with Gasteiger partial charge in [-0.3, -0.25) is 4.79 Å². The number of aliphatic hydroxyl groups excluding tert-OH is 1. The van der Waals surface area contributed by atoms with Crippen molar-refractivity contribution in [3.05, 3.63) is 0 Å². The van der Waals surface area contributed by atoms with Gasteiger partial charge in [0.25, 0.3) is 0 Å². The van der Waals surface area contributed by atoms with Gasteiger partial charge in [-0.1, -0.05) is 0 Å². The summed E-state index contributed by atoms with van der Waals surface area (Å²) in [5.74, 6) is -0.783. The Balaban J connectivity index is 2.15. The third kappa shape index (κ3) is 3.32. The normalized spacial score (nSPS) is 21.1. The van der Waals surface area contributed by atoms with Gasteiger partial charge in [-0.15, -0.1) is 0 Å². The molecule has 4 nitrogen and oxygen atoms in total. The highest BCUT2D eigenvalue weighted by Crippen LogP contribution is 2.44. The number of nitrogens with one attached hydrogen (secondary N) is 1. The lowest BCUT2D eigenvalue weighted by Gasteiger charge is -2.16. The van der Waals surface area contributed by atoms with Crippen LogP contribution in [0.2, 0.25) is 0 Å². The SMILES string of the molecule is CC(CC(=O)O)NCC1(CO)CC1. The van der Waals surface area contributed by atoms with Gasteiger partial charge in [-0.2, -0.15) is 0 Å². The first-order valence-electron chi connectivity index (χ1n) is 4.64. The first kappa shape index (κ1) is 10.5. The molecule has 0 amide bonds. The largest absolute Gasteiger partial charge is 0.481 e. The maximum absolute atomic E-state index is 10.3. The van der Waals surface area contributed by atoms with E-state index in [9.17, 15) is 4.79 Å². The van der Waals surface area contributed by atoms with E-state index in [0.717, 1.165) is 19.4 Å². The number of hydrogen-bond acceptors (Lipinski definition) is 3. The molecule has 0 radical (unpaired) electrons. The zero-order valence-corrected chi connectivity index (χ0v) is 7.92. The summed E-state index contributed by atoms with van der Waals surface area (Å²) in [7, 11) is 0. The van der Waals surface area contributed by atoms with Crippen molar-refractivity contribution in [2.45, 2.75) is 32.2 Å². The van der Waals surface area contributed by atoms with Crippen molar-refractivity contribution in [3.8, 4) is 0 Å². The number of aliphatic hydroxyl groups is 1. The Morgan fingerprint density at radius 2 is 2.23 bits per heavy atom. The monoisotopic (exact) mass is 187 g/mol. The van der Waals surface area contributed by atoms with E-state index in [1.54, 1.807) is 0 Å². The van der Waals surface area contributed by atoms with Crippen molar-refractivity contribution >= 4 is 5.97 Å². The smallest absolute Gasteiger partial charge is 0.304 e. The minimum Gasteiger partial charge on any atom is -0.481 e. The van der Waals surface area contributed by atoms with Gasteiger partial charge >= 0.3 is 5.97 Å². The van der Waals surface area contributed by atoms with E-state index in [0.29, 0.717) is 0 Å². The molecule has 1 unspecified atom stereocenters. The summed E-state index contributed by atoms with van der Waals surface area (Å²) in [5.41, 5.74) is 0.0623. The third-order valence-electron chi connectivity index (χ3n) is 2.60. The molecule has 0 aromatic heterocycles. The van der Waals surface area contributed by atoms with Gasteiger partial charge in [-0.25, -0.2) is 0 Å². The lowest BCUT2D eigenvalue weighted by atomic mass is 10.1. The molecule has 1 aliphatic rings. The van der Waals surface area contributed by atoms with E-state index in [1.807, 2.05) is 6.92 Å². The van der Waals surface area contributed by atoms with Crippen LogP contribution in [0.3, 0.4) is 0 Å². The van der Waals surface area contributed by atoms with Crippen LogP contribution in [-0.4, -0.2) is 35.4 Å².